The lowest BCUT2D eigenvalue weighted by molar-refractivity contribution is 0.668. The Morgan fingerprint density at radius 2 is 0.474 bits per heavy atom. The van der Waals surface area contributed by atoms with Gasteiger partial charge in [0.25, 0.3) is 0 Å². The zero-order valence-corrected chi connectivity index (χ0v) is 62.3. The molecule has 4 nitrogen and oxygen atoms in total. The van der Waals surface area contributed by atoms with Gasteiger partial charge in [-0.3, -0.25) is 0 Å². The van der Waals surface area contributed by atoms with Crippen LogP contribution in [-0.4, -0.2) is 0 Å². The van der Waals surface area contributed by atoms with E-state index in [4.69, 9.17) is 8.83 Å². The first-order valence-corrected chi connectivity index (χ1v) is 39.0. The van der Waals surface area contributed by atoms with Crippen molar-refractivity contribution in [2.45, 2.75) is 0 Å². The normalized spacial score (nSPS) is 11.5. The molecule has 0 aliphatic carbocycles. The highest BCUT2D eigenvalue weighted by Gasteiger charge is 2.23. The van der Waals surface area contributed by atoms with Crippen molar-refractivity contribution in [3.05, 3.63) is 437 Å². The van der Waals surface area contributed by atoms with Gasteiger partial charge < -0.3 is 18.6 Å². The van der Waals surface area contributed by atoms with Crippen LogP contribution in [0.5, 0.6) is 0 Å². The molecule has 534 valence electrons. The fourth-order valence-corrected chi connectivity index (χ4v) is 17.3. The molecule has 0 atom stereocenters. The Bertz CT molecular complexity index is 7380. The van der Waals surface area contributed by atoms with Crippen molar-refractivity contribution >= 4 is 132 Å². The molecule has 20 aromatic carbocycles. The zero-order chi connectivity index (χ0) is 75.4. The van der Waals surface area contributed by atoms with Gasteiger partial charge in [0.15, 0.2) is 0 Å². The van der Waals surface area contributed by atoms with Gasteiger partial charge in [0, 0.05) is 67.8 Å². The van der Waals surface area contributed by atoms with E-state index < -0.39 is 0 Å². The van der Waals surface area contributed by atoms with E-state index in [-0.39, 0.29) is 0 Å². The molecule has 0 fully saturated rings. The molecule has 114 heavy (non-hydrogen) atoms. The summed E-state index contributed by atoms with van der Waals surface area (Å²) < 4.78 is 13.0. The van der Waals surface area contributed by atoms with Gasteiger partial charge in [-0.2, -0.15) is 0 Å². The number of para-hydroxylation sites is 1. The van der Waals surface area contributed by atoms with Crippen molar-refractivity contribution in [2.24, 2.45) is 0 Å². The van der Waals surface area contributed by atoms with E-state index in [1.54, 1.807) is 0 Å². The van der Waals surface area contributed by atoms with Crippen molar-refractivity contribution in [2.75, 3.05) is 9.80 Å². The van der Waals surface area contributed by atoms with Crippen LogP contribution in [0.15, 0.2) is 446 Å². The lowest BCUT2D eigenvalue weighted by Gasteiger charge is -2.26. The summed E-state index contributed by atoms with van der Waals surface area (Å²) in [6, 6.07) is 157. The standard InChI is InChI=1S/C56H37NO.C54H35NO/c1-2-15-42(16-3-1)56-48-20-7-5-14-39(48)29-35-49(56)41-27-32-44(33-28-41)57(45-34-36-53-52-22-10-11-24-54(52)58-55(53)37-45)43-30-25-40(26-31-43)47-19-8-9-21-50(47)51-23-12-17-38-13-4-6-18-46(38)51;1-2-14-41(15-3-1)53-47-18-8-5-12-37(47)25-32-49(53)40-23-29-43(30-24-40)55(42-27-21-39(22-28-42)46-20-10-16-36-11-4-7-17-45(36)46)44-31-33-50-52(35-44)56-51-34-26-38-13-6-9-19-48(38)54(50)51/h1-37H;1-35H. The van der Waals surface area contributed by atoms with Gasteiger partial charge in [-0.15, -0.1) is 0 Å². The number of rotatable bonds is 13. The van der Waals surface area contributed by atoms with E-state index in [1.807, 2.05) is 12.1 Å². The van der Waals surface area contributed by atoms with Crippen LogP contribution in [0.2, 0.25) is 0 Å². The van der Waals surface area contributed by atoms with Crippen molar-refractivity contribution in [1.82, 2.24) is 0 Å². The Hall–Kier alpha value is -15.1. The fraction of sp³-hybridized carbons (Fsp3) is 0. The number of anilines is 6. The number of nitrogens with zero attached hydrogens (tertiary/aromatic N) is 2. The summed E-state index contributed by atoms with van der Waals surface area (Å²) in [4.78, 5) is 4.66. The summed E-state index contributed by atoms with van der Waals surface area (Å²) in [5.41, 5.74) is 26.8. The van der Waals surface area contributed by atoms with Gasteiger partial charge >= 0.3 is 0 Å². The topological polar surface area (TPSA) is 32.8 Å². The number of hydrogen-bond acceptors (Lipinski definition) is 4. The van der Waals surface area contributed by atoms with Crippen LogP contribution < -0.4 is 9.80 Å². The number of furan rings is 2. The SMILES string of the molecule is c1ccc(-c2c(-c3ccc(N(c4ccc(-c5cccc6ccccc56)cc4)c4ccc5c(c4)oc4ccc6ccccc6c45)cc3)ccc3ccccc23)cc1.c1ccc(-c2c(-c3ccc(N(c4ccc(-c5ccccc5-c5cccc6ccccc56)cc4)c4ccc5c(c4)oc4ccccc45)cc3)ccc3ccccc23)cc1. The monoisotopic (exact) mass is 1450 g/mol. The van der Waals surface area contributed by atoms with Crippen molar-refractivity contribution in [3.63, 3.8) is 0 Å². The summed E-state index contributed by atoms with van der Waals surface area (Å²) in [5.74, 6) is 0. The Balaban J connectivity index is 0.000000143. The van der Waals surface area contributed by atoms with Crippen LogP contribution in [0.4, 0.5) is 34.1 Å². The van der Waals surface area contributed by atoms with Crippen LogP contribution >= 0.6 is 0 Å². The van der Waals surface area contributed by atoms with Crippen LogP contribution in [0.3, 0.4) is 0 Å². The van der Waals surface area contributed by atoms with Crippen LogP contribution in [0.25, 0.3) is 176 Å². The van der Waals surface area contributed by atoms with Crippen LogP contribution in [0, 0.1) is 0 Å². The molecule has 0 N–H and O–H groups in total. The van der Waals surface area contributed by atoms with Crippen molar-refractivity contribution in [1.29, 1.82) is 0 Å². The average molecular weight is 1450 g/mol. The van der Waals surface area contributed by atoms with Gasteiger partial charge in [-0.05, 0) is 217 Å². The molecular weight excluding hydrogens is 1380 g/mol. The predicted octanol–water partition coefficient (Wildman–Crippen LogP) is 31.5. The second-order valence-corrected chi connectivity index (χ2v) is 29.3. The highest BCUT2D eigenvalue weighted by atomic mass is 16.3. The smallest absolute Gasteiger partial charge is 0.137 e. The summed E-state index contributed by atoms with van der Waals surface area (Å²) in [6.45, 7) is 0. The number of fused-ring (bicyclic) bond motifs is 12. The molecule has 0 saturated heterocycles. The molecule has 22 aromatic rings. The molecule has 0 spiro atoms. The van der Waals surface area contributed by atoms with E-state index >= 15 is 0 Å². The molecule has 0 unspecified atom stereocenters. The average Bonchev–Trinajstić information content (AvgIpc) is 1.57. The molecule has 0 saturated carbocycles. The quantitative estimate of drug-likeness (QED) is 0.115. The van der Waals surface area contributed by atoms with Crippen LogP contribution in [0.1, 0.15) is 0 Å². The van der Waals surface area contributed by atoms with Gasteiger partial charge in [0.2, 0.25) is 0 Å². The number of hydrogen-bond donors (Lipinski definition) is 0. The molecular formula is C110H72N2O2. The molecule has 0 bridgehead atoms. The minimum absolute atomic E-state index is 0.865. The maximum absolute atomic E-state index is 6.58. The fourth-order valence-electron chi connectivity index (χ4n) is 17.3. The first kappa shape index (κ1) is 67.0. The van der Waals surface area contributed by atoms with E-state index in [1.165, 1.54) is 132 Å². The zero-order valence-electron chi connectivity index (χ0n) is 62.3. The highest BCUT2D eigenvalue weighted by molar-refractivity contribution is 6.19. The van der Waals surface area contributed by atoms with Gasteiger partial charge in [0.05, 0.1) is 0 Å². The molecule has 0 radical (unpaired) electrons. The molecule has 0 aliphatic rings. The van der Waals surface area contributed by atoms with E-state index in [2.05, 4.69) is 434 Å². The molecule has 4 heteroatoms. The minimum Gasteiger partial charge on any atom is -0.456 e. The van der Waals surface area contributed by atoms with E-state index in [0.717, 1.165) is 78.0 Å². The lowest BCUT2D eigenvalue weighted by Crippen LogP contribution is -2.09. The lowest BCUT2D eigenvalue weighted by atomic mass is 9.90. The molecule has 2 aromatic heterocycles. The maximum atomic E-state index is 6.58. The Morgan fingerprint density at radius 1 is 0.149 bits per heavy atom. The maximum Gasteiger partial charge on any atom is 0.137 e. The Morgan fingerprint density at radius 3 is 0.991 bits per heavy atom. The minimum atomic E-state index is 0.865. The first-order chi connectivity index (χ1) is 56.5. The predicted molar refractivity (Wildman–Crippen MR) is 482 cm³/mol. The largest absolute Gasteiger partial charge is 0.456 e. The van der Waals surface area contributed by atoms with E-state index in [9.17, 15) is 0 Å². The van der Waals surface area contributed by atoms with Gasteiger partial charge in [-0.1, -0.05) is 340 Å². The van der Waals surface area contributed by atoms with Gasteiger partial charge in [0.1, 0.15) is 22.3 Å². The summed E-state index contributed by atoms with van der Waals surface area (Å²) in [5, 5.41) is 16.9. The van der Waals surface area contributed by atoms with Crippen molar-refractivity contribution in [3.8, 4) is 77.9 Å². The summed E-state index contributed by atoms with van der Waals surface area (Å²) >= 11 is 0. The third-order valence-electron chi connectivity index (χ3n) is 22.7. The third-order valence-corrected chi connectivity index (χ3v) is 22.7. The number of benzene rings is 20. The third kappa shape index (κ3) is 12.1. The highest BCUT2D eigenvalue weighted by Crippen LogP contribution is 2.48. The van der Waals surface area contributed by atoms with Gasteiger partial charge in [-0.25, -0.2) is 0 Å². The molecule has 0 aliphatic heterocycles. The second-order valence-electron chi connectivity index (χ2n) is 29.3. The molecule has 0 amide bonds. The van der Waals surface area contributed by atoms with E-state index in [0.29, 0.717) is 0 Å². The summed E-state index contributed by atoms with van der Waals surface area (Å²) in [7, 11) is 0. The Labute approximate surface area is 660 Å². The molecule has 2 heterocycles. The summed E-state index contributed by atoms with van der Waals surface area (Å²) in [6.07, 6.45) is 0. The first-order valence-electron chi connectivity index (χ1n) is 39.0. The molecule has 22 rings (SSSR count). The van der Waals surface area contributed by atoms with Crippen LogP contribution in [-0.2, 0) is 0 Å². The Kier molecular flexibility index (Phi) is 16.9. The second kappa shape index (κ2) is 28.7. The van der Waals surface area contributed by atoms with Crippen molar-refractivity contribution < 1.29 is 8.83 Å².